The number of hydrogen-bond acceptors (Lipinski definition) is 7. The molecular weight excluding hydrogens is 424 g/mol. The number of nitrogens with one attached hydrogen (secondary N) is 1. The van der Waals surface area contributed by atoms with Crippen LogP contribution in [-0.4, -0.2) is 25.6 Å². The Morgan fingerprint density at radius 3 is 2.63 bits per heavy atom. The molecule has 1 aromatic carbocycles. The van der Waals surface area contributed by atoms with Crippen LogP contribution in [-0.2, 0) is 4.79 Å². The first-order valence-corrected chi connectivity index (χ1v) is 11.0. The van der Waals surface area contributed by atoms with Crippen molar-refractivity contribution in [2.75, 3.05) is 5.32 Å². The zero-order chi connectivity index (χ0) is 22.2. The largest absolute Gasteiger partial charge is 0.325 e. The molecule has 30 heavy (non-hydrogen) atoms. The number of nitro groups is 1. The topological polar surface area (TPSA) is 107 Å². The second-order valence-electron chi connectivity index (χ2n) is 7.18. The number of nitrogens with zero attached hydrogens (tertiary/aromatic N) is 3. The van der Waals surface area contributed by atoms with Crippen molar-refractivity contribution in [1.82, 2.24) is 9.55 Å². The minimum absolute atomic E-state index is 0.0997. The first-order chi connectivity index (χ1) is 14.1. The van der Waals surface area contributed by atoms with Crippen molar-refractivity contribution in [2.45, 2.75) is 51.1 Å². The van der Waals surface area contributed by atoms with Crippen molar-refractivity contribution in [3.63, 3.8) is 0 Å². The summed E-state index contributed by atoms with van der Waals surface area (Å²) in [5, 5.41) is 14.2. The molecule has 1 N–H and O–H groups in total. The number of fused-ring (bicyclic) bond motifs is 1. The van der Waals surface area contributed by atoms with Gasteiger partial charge in [-0.15, -0.1) is 11.3 Å². The summed E-state index contributed by atoms with van der Waals surface area (Å²) in [5.41, 5.74) is 1.08. The molecule has 10 heteroatoms. The van der Waals surface area contributed by atoms with Gasteiger partial charge in [0.1, 0.15) is 4.83 Å². The summed E-state index contributed by atoms with van der Waals surface area (Å²) >= 11 is 2.66. The molecule has 0 saturated carbocycles. The lowest BCUT2D eigenvalue weighted by Gasteiger charge is -2.18. The lowest BCUT2D eigenvalue weighted by molar-refractivity contribution is -0.384. The van der Waals surface area contributed by atoms with E-state index in [0.29, 0.717) is 21.1 Å². The molecule has 0 aliphatic rings. The number of amides is 1. The smallest absolute Gasteiger partial charge is 0.271 e. The highest BCUT2D eigenvalue weighted by atomic mass is 32.2. The predicted octanol–water partition coefficient (Wildman–Crippen LogP) is 4.68. The second kappa shape index (κ2) is 8.57. The van der Waals surface area contributed by atoms with E-state index in [4.69, 9.17) is 0 Å². The van der Waals surface area contributed by atoms with Gasteiger partial charge in [-0.2, -0.15) is 0 Å². The van der Waals surface area contributed by atoms with Crippen molar-refractivity contribution in [3.05, 3.63) is 55.2 Å². The molecule has 0 saturated heterocycles. The minimum Gasteiger partial charge on any atom is -0.325 e. The fraction of sp³-hybridized carbons (Fsp3) is 0.350. The molecule has 1 amide bonds. The number of carbonyl (C=O) groups excluding carboxylic acids is 1. The molecule has 0 aliphatic carbocycles. The maximum absolute atomic E-state index is 13.1. The molecule has 2 aromatic heterocycles. The third kappa shape index (κ3) is 4.24. The number of aryl methyl sites for hydroxylation is 2. The highest BCUT2D eigenvalue weighted by Crippen LogP contribution is 2.31. The number of rotatable bonds is 6. The molecule has 8 nitrogen and oxygen atoms in total. The maximum Gasteiger partial charge on any atom is 0.271 e. The fourth-order valence-corrected chi connectivity index (χ4v) is 5.09. The van der Waals surface area contributed by atoms with Crippen molar-refractivity contribution >= 4 is 50.6 Å². The number of benzene rings is 1. The fourth-order valence-electron chi connectivity index (χ4n) is 2.98. The third-order valence-corrected chi connectivity index (χ3v) is 6.86. The average Bonchev–Trinajstić information content (AvgIpc) is 2.95. The average molecular weight is 447 g/mol. The molecule has 0 bridgehead atoms. The highest BCUT2D eigenvalue weighted by molar-refractivity contribution is 8.00. The zero-order valence-corrected chi connectivity index (χ0v) is 18.9. The van der Waals surface area contributed by atoms with Crippen LogP contribution < -0.4 is 10.9 Å². The number of non-ortho nitro benzene ring substituents is 1. The van der Waals surface area contributed by atoms with Crippen LogP contribution in [0.25, 0.3) is 10.2 Å². The molecule has 0 radical (unpaired) electrons. The van der Waals surface area contributed by atoms with E-state index in [-0.39, 0.29) is 23.2 Å². The Balaban J connectivity index is 1.90. The number of carbonyl (C=O) groups is 1. The minimum atomic E-state index is -0.569. The molecule has 1 atom stereocenters. The van der Waals surface area contributed by atoms with Crippen molar-refractivity contribution < 1.29 is 9.72 Å². The van der Waals surface area contributed by atoms with Crippen LogP contribution in [0.5, 0.6) is 0 Å². The number of thiophene rings is 1. The van der Waals surface area contributed by atoms with Gasteiger partial charge in [-0.1, -0.05) is 17.8 Å². The summed E-state index contributed by atoms with van der Waals surface area (Å²) in [4.78, 5) is 42.6. The van der Waals surface area contributed by atoms with E-state index in [2.05, 4.69) is 10.3 Å². The van der Waals surface area contributed by atoms with Gasteiger partial charge >= 0.3 is 0 Å². The van der Waals surface area contributed by atoms with Crippen LogP contribution in [0.4, 0.5) is 11.4 Å². The molecule has 0 spiro atoms. The summed E-state index contributed by atoms with van der Waals surface area (Å²) in [6.45, 7) is 9.40. The number of hydrogen-bond donors (Lipinski definition) is 1. The predicted molar refractivity (Wildman–Crippen MR) is 121 cm³/mol. The van der Waals surface area contributed by atoms with Gasteiger partial charge in [0, 0.05) is 28.7 Å². The molecule has 158 valence electrons. The quantitative estimate of drug-likeness (QED) is 0.255. The number of nitro benzene ring substituents is 1. The Kier molecular flexibility index (Phi) is 6.27. The number of aromatic nitrogens is 2. The van der Waals surface area contributed by atoms with E-state index in [0.717, 1.165) is 10.4 Å². The molecule has 0 fully saturated rings. The summed E-state index contributed by atoms with van der Waals surface area (Å²) in [6, 6.07) is 5.65. The summed E-state index contributed by atoms with van der Waals surface area (Å²) in [7, 11) is 0. The van der Waals surface area contributed by atoms with Gasteiger partial charge < -0.3 is 5.32 Å². The van der Waals surface area contributed by atoms with E-state index < -0.39 is 10.2 Å². The van der Waals surface area contributed by atoms with Crippen LogP contribution in [0.3, 0.4) is 0 Å². The van der Waals surface area contributed by atoms with E-state index in [1.54, 1.807) is 17.6 Å². The summed E-state index contributed by atoms with van der Waals surface area (Å²) < 4.78 is 1.61. The molecule has 1 unspecified atom stereocenters. The van der Waals surface area contributed by atoms with Crippen LogP contribution in [0.15, 0.2) is 34.2 Å². The van der Waals surface area contributed by atoms with Crippen molar-refractivity contribution in [3.8, 4) is 0 Å². The summed E-state index contributed by atoms with van der Waals surface area (Å²) in [5.74, 6) is -0.330. The van der Waals surface area contributed by atoms with Crippen LogP contribution >= 0.6 is 23.1 Å². The maximum atomic E-state index is 13.1. The Bertz CT molecular complexity index is 1200. The SMILES string of the molecule is Cc1sc2nc(SC(C)C(=O)Nc3cccc([N+](=O)[O-])c3)n(C(C)C)c(=O)c2c1C. The Morgan fingerprint density at radius 1 is 1.30 bits per heavy atom. The van der Waals surface area contributed by atoms with Crippen LogP contribution in [0.1, 0.15) is 37.3 Å². The number of thioether (sulfide) groups is 1. The lowest BCUT2D eigenvalue weighted by Crippen LogP contribution is -2.28. The van der Waals surface area contributed by atoms with E-state index >= 15 is 0 Å². The van der Waals surface area contributed by atoms with Gasteiger partial charge in [-0.25, -0.2) is 4.98 Å². The monoisotopic (exact) mass is 446 g/mol. The first-order valence-electron chi connectivity index (χ1n) is 9.34. The third-order valence-electron chi connectivity index (χ3n) is 4.69. The van der Waals surface area contributed by atoms with Crippen LogP contribution in [0.2, 0.25) is 0 Å². The van der Waals surface area contributed by atoms with Gasteiger partial charge in [0.25, 0.3) is 11.2 Å². The normalized spacial score (nSPS) is 12.3. The lowest BCUT2D eigenvalue weighted by atomic mass is 10.2. The first kappa shape index (κ1) is 22.0. The van der Waals surface area contributed by atoms with Crippen molar-refractivity contribution in [1.29, 1.82) is 0 Å². The van der Waals surface area contributed by atoms with E-state index in [1.165, 1.54) is 41.3 Å². The number of anilines is 1. The van der Waals surface area contributed by atoms with Crippen LogP contribution in [0, 0.1) is 24.0 Å². The Labute approximate surface area is 181 Å². The molecule has 3 rings (SSSR count). The standard InChI is InChI=1S/C20H22N4O4S2/c1-10(2)23-19(26)16-11(3)12(4)29-18(16)22-20(23)30-13(5)17(25)21-14-7-6-8-15(9-14)24(27)28/h6-10,13H,1-5H3,(H,21,25). The van der Waals surface area contributed by atoms with Gasteiger partial charge in [0.15, 0.2) is 5.16 Å². The highest BCUT2D eigenvalue weighted by Gasteiger charge is 2.23. The van der Waals surface area contributed by atoms with Gasteiger partial charge in [-0.3, -0.25) is 24.3 Å². The van der Waals surface area contributed by atoms with E-state index in [1.807, 2.05) is 27.7 Å². The van der Waals surface area contributed by atoms with Gasteiger partial charge in [-0.05, 0) is 46.2 Å². The Morgan fingerprint density at radius 2 is 2.00 bits per heavy atom. The van der Waals surface area contributed by atoms with Crippen molar-refractivity contribution in [2.24, 2.45) is 0 Å². The van der Waals surface area contributed by atoms with Gasteiger partial charge in [0.2, 0.25) is 5.91 Å². The van der Waals surface area contributed by atoms with E-state index in [9.17, 15) is 19.7 Å². The van der Waals surface area contributed by atoms with Gasteiger partial charge in [0.05, 0.1) is 15.6 Å². The zero-order valence-electron chi connectivity index (χ0n) is 17.3. The molecule has 3 aromatic rings. The molecule has 0 aliphatic heterocycles. The second-order valence-corrected chi connectivity index (χ2v) is 9.69. The molecular formula is C20H22N4O4S2. The molecule has 2 heterocycles. The Hall–Kier alpha value is -2.72. The summed E-state index contributed by atoms with van der Waals surface area (Å²) in [6.07, 6.45) is 0.